The van der Waals surface area contributed by atoms with Crippen LogP contribution in [0.2, 0.25) is 0 Å². The van der Waals surface area contributed by atoms with E-state index in [1.165, 1.54) is 97.6 Å². The highest BCUT2D eigenvalue weighted by molar-refractivity contribution is 8.00. The van der Waals surface area contributed by atoms with Gasteiger partial charge in [0.1, 0.15) is 5.25 Å². The SMILES string of the molecule is CC(C)(C)Cc1ccc(C2SCCNC2=O)cc1.CC(C)(C)Cc1ccc(N2CCN3CCCC3C2)cc1.CN1CCC(c2ccc(CC(C)(C)C)cc2)C1.CN1CCOC(c2ccc(CC(C)(C)C)cc2)C1. The zero-order chi connectivity index (χ0) is 53.0. The van der Waals surface area contributed by atoms with Gasteiger partial charge in [0.05, 0.1) is 12.7 Å². The first-order chi connectivity index (χ1) is 34.3. The minimum Gasteiger partial charge on any atom is -0.371 e. The monoisotopic (exact) mass is 1010 g/mol. The van der Waals surface area contributed by atoms with Gasteiger partial charge in [-0.1, -0.05) is 168 Å². The van der Waals surface area contributed by atoms with Crippen LogP contribution in [-0.2, 0) is 35.2 Å². The van der Waals surface area contributed by atoms with Crippen molar-refractivity contribution in [1.82, 2.24) is 20.0 Å². The molecule has 4 atom stereocenters. The molecule has 0 aromatic heterocycles. The maximum Gasteiger partial charge on any atom is 0.237 e. The third kappa shape index (κ3) is 20.4. The van der Waals surface area contributed by atoms with E-state index in [1.807, 2.05) is 0 Å². The number of hydrogen-bond acceptors (Lipinski definition) is 7. The Kier molecular flexibility index (Phi) is 21.2. The molecule has 73 heavy (non-hydrogen) atoms. The lowest BCUT2D eigenvalue weighted by Crippen LogP contribution is -2.50. The van der Waals surface area contributed by atoms with Gasteiger partial charge in [-0.3, -0.25) is 9.69 Å². The first kappa shape index (κ1) is 58.6. The molecule has 0 bridgehead atoms. The predicted molar refractivity (Wildman–Crippen MR) is 314 cm³/mol. The summed E-state index contributed by atoms with van der Waals surface area (Å²) in [7, 11) is 4.37. The van der Waals surface area contributed by atoms with Crippen LogP contribution in [0.4, 0.5) is 5.69 Å². The summed E-state index contributed by atoms with van der Waals surface area (Å²) >= 11 is 1.73. The van der Waals surface area contributed by atoms with Gasteiger partial charge in [0.2, 0.25) is 5.91 Å². The molecule has 9 rings (SSSR count). The summed E-state index contributed by atoms with van der Waals surface area (Å²) < 4.78 is 5.83. The molecule has 0 aliphatic carbocycles. The van der Waals surface area contributed by atoms with Crippen molar-refractivity contribution in [3.8, 4) is 0 Å². The topological polar surface area (TPSA) is 51.3 Å². The molecule has 402 valence electrons. The minimum absolute atomic E-state index is 0.0255. The molecule has 4 aromatic carbocycles. The number of carbonyl (C=O) groups excluding carboxylic acids is 1. The van der Waals surface area contributed by atoms with Gasteiger partial charge in [0.15, 0.2) is 0 Å². The second-order valence-electron chi connectivity index (χ2n) is 27.0. The molecule has 1 N–H and O–H groups in total. The molecule has 0 spiro atoms. The average Bonchev–Trinajstić information content (AvgIpc) is 3.98. The number of fused-ring (bicyclic) bond motifs is 1. The molecule has 0 radical (unpaired) electrons. The van der Waals surface area contributed by atoms with Crippen molar-refractivity contribution in [2.24, 2.45) is 21.7 Å². The van der Waals surface area contributed by atoms with E-state index in [2.05, 4.69) is 219 Å². The number of thioether (sulfide) groups is 1. The second-order valence-corrected chi connectivity index (χ2v) is 28.2. The summed E-state index contributed by atoms with van der Waals surface area (Å²) in [6, 6.07) is 36.9. The Morgan fingerprint density at radius 3 is 1.48 bits per heavy atom. The number of piperazine rings is 1. The van der Waals surface area contributed by atoms with Gasteiger partial charge in [-0.05, 0) is 151 Å². The number of amides is 1. The van der Waals surface area contributed by atoms with Gasteiger partial charge in [0, 0.05) is 63.3 Å². The van der Waals surface area contributed by atoms with Crippen LogP contribution >= 0.6 is 11.8 Å². The molecule has 5 fully saturated rings. The van der Waals surface area contributed by atoms with E-state index in [1.54, 1.807) is 11.8 Å². The number of benzene rings is 4. The number of nitrogens with zero attached hydrogens (tertiary/aromatic N) is 4. The van der Waals surface area contributed by atoms with Crippen LogP contribution in [0.25, 0.3) is 0 Å². The highest BCUT2D eigenvalue weighted by Crippen LogP contribution is 2.33. The van der Waals surface area contributed by atoms with Gasteiger partial charge in [0.25, 0.3) is 0 Å². The summed E-state index contributed by atoms with van der Waals surface area (Å²) in [5.41, 5.74) is 12.4. The maximum absolute atomic E-state index is 11.8. The number of ether oxygens (including phenoxy) is 1. The summed E-state index contributed by atoms with van der Waals surface area (Å²) in [6.45, 7) is 38.5. The zero-order valence-electron chi connectivity index (χ0n) is 48.3. The maximum atomic E-state index is 11.8. The van der Waals surface area contributed by atoms with Gasteiger partial charge >= 0.3 is 0 Å². The van der Waals surface area contributed by atoms with E-state index in [0.29, 0.717) is 21.7 Å². The normalized spacial score (nSPS) is 22.2. The smallest absolute Gasteiger partial charge is 0.237 e. The Morgan fingerprint density at radius 2 is 1.01 bits per heavy atom. The lowest BCUT2D eigenvalue weighted by Gasteiger charge is -2.38. The van der Waals surface area contributed by atoms with Crippen LogP contribution < -0.4 is 10.2 Å². The Bertz CT molecular complexity index is 2250. The number of carbonyl (C=O) groups is 1. The number of anilines is 1. The lowest BCUT2D eigenvalue weighted by atomic mass is 9.87. The molecule has 0 saturated carbocycles. The number of likely N-dealkylation sites (tertiary alicyclic amines) is 1. The number of morpholine rings is 1. The van der Waals surface area contributed by atoms with Gasteiger partial charge < -0.3 is 24.8 Å². The number of hydrogen-bond donors (Lipinski definition) is 1. The Hall–Kier alpha value is -3.66. The van der Waals surface area contributed by atoms with Crippen LogP contribution in [0.15, 0.2) is 97.1 Å². The minimum atomic E-state index is -0.0255. The molecule has 5 aliphatic rings. The van der Waals surface area contributed by atoms with E-state index >= 15 is 0 Å². The predicted octanol–water partition coefficient (Wildman–Crippen LogP) is 13.7. The molecule has 7 nitrogen and oxygen atoms in total. The van der Waals surface area contributed by atoms with Crippen LogP contribution in [-0.4, -0.2) is 112 Å². The fourth-order valence-electron chi connectivity index (χ4n) is 11.0. The molecule has 5 saturated heterocycles. The van der Waals surface area contributed by atoms with Crippen molar-refractivity contribution >= 4 is 23.4 Å². The van der Waals surface area contributed by atoms with Crippen molar-refractivity contribution in [1.29, 1.82) is 0 Å². The largest absolute Gasteiger partial charge is 0.371 e. The third-order valence-corrected chi connectivity index (χ3v) is 15.8. The van der Waals surface area contributed by atoms with E-state index in [0.717, 1.165) is 75.2 Å². The van der Waals surface area contributed by atoms with Crippen molar-refractivity contribution < 1.29 is 9.53 Å². The quantitative estimate of drug-likeness (QED) is 0.189. The van der Waals surface area contributed by atoms with Crippen LogP contribution in [0.5, 0.6) is 0 Å². The highest BCUT2D eigenvalue weighted by atomic mass is 32.2. The van der Waals surface area contributed by atoms with E-state index in [4.69, 9.17) is 4.74 Å². The first-order valence-corrected chi connectivity index (χ1v) is 29.1. The van der Waals surface area contributed by atoms with Gasteiger partial charge in [-0.15, -0.1) is 11.8 Å². The highest BCUT2D eigenvalue weighted by Gasteiger charge is 2.31. The van der Waals surface area contributed by atoms with Crippen molar-refractivity contribution in [2.45, 2.75) is 151 Å². The van der Waals surface area contributed by atoms with Gasteiger partial charge in [-0.25, -0.2) is 0 Å². The second kappa shape index (κ2) is 26.4. The van der Waals surface area contributed by atoms with E-state index in [9.17, 15) is 4.79 Å². The molecule has 1 amide bonds. The molecule has 4 unspecified atom stereocenters. The molecule has 5 heterocycles. The molecule has 5 aliphatic heterocycles. The average molecular weight is 1010 g/mol. The molecule has 4 aromatic rings. The summed E-state index contributed by atoms with van der Waals surface area (Å²) in [6.07, 6.45) is 8.85. The van der Waals surface area contributed by atoms with Crippen molar-refractivity contribution in [3.05, 3.63) is 136 Å². The molecule has 8 heteroatoms. The summed E-state index contributed by atoms with van der Waals surface area (Å²) in [5, 5.41) is 2.90. The van der Waals surface area contributed by atoms with Crippen LogP contribution in [0.3, 0.4) is 0 Å². The van der Waals surface area contributed by atoms with Crippen molar-refractivity contribution in [2.75, 3.05) is 90.3 Å². The van der Waals surface area contributed by atoms with Crippen LogP contribution in [0, 0.1) is 21.7 Å². The van der Waals surface area contributed by atoms with Crippen LogP contribution in [0.1, 0.15) is 159 Å². The molecular formula is C65H99N5O2S. The summed E-state index contributed by atoms with van der Waals surface area (Å²) in [5.74, 6) is 1.90. The third-order valence-electron chi connectivity index (χ3n) is 14.5. The first-order valence-electron chi connectivity index (χ1n) is 28.1. The Morgan fingerprint density at radius 1 is 0.534 bits per heavy atom. The fourth-order valence-corrected chi connectivity index (χ4v) is 12.1. The molecular weight excluding hydrogens is 915 g/mol. The number of nitrogens with one attached hydrogen (secondary N) is 1. The standard InChI is InChI=1S/C18H28N2.C16H25NO.C16H25N.C15H21NOS/c1-18(2,3)13-15-6-8-16(9-7-15)20-12-11-19-10-4-5-17(19)14-20;1-16(2,3)11-13-5-7-14(8-6-13)15-12-17(4)9-10-18-15;1-16(2,3)11-13-5-7-14(8-6-13)15-9-10-17(4)12-15;1-15(2,3)10-11-4-6-12(7-5-11)13-14(17)16-8-9-18-13/h6-9,17H,4-5,10-14H2,1-3H3;5-8,15H,9-12H2,1-4H3;5-8,15H,9-12H2,1-4H3;4-7,13H,8-10H2,1-3H3,(H,16,17). The number of rotatable bonds is 8. The van der Waals surface area contributed by atoms with E-state index < -0.39 is 0 Å². The van der Waals surface area contributed by atoms with Gasteiger partial charge in [-0.2, -0.15) is 0 Å². The Labute approximate surface area is 450 Å². The van der Waals surface area contributed by atoms with Crippen molar-refractivity contribution in [3.63, 3.8) is 0 Å². The number of likely N-dealkylation sites (N-methyl/N-ethyl adjacent to an activating group) is 2. The summed E-state index contributed by atoms with van der Waals surface area (Å²) in [4.78, 5) is 21.8. The van der Waals surface area contributed by atoms with E-state index in [-0.39, 0.29) is 17.3 Å². The zero-order valence-corrected chi connectivity index (χ0v) is 49.1. The lowest BCUT2D eigenvalue weighted by molar-refractivity contribution is -0.120. The Balaban J connectivity index is 0.000000159. The fraction of sp³-hybridized carbons (Fsp3) is 0.615.